The molecule has 0 bridgehead atoms. The molecule has 0 amide bonds. The van der Waals surface area contributed by atoms with Gasteiger partial charge in [-0.15, -0.1) is 0 Å². The fourth-order valence-corrected chi connectivity index (χ4v) is 2.13. The predicted octanol–water partition coefficient (Wildman–Crippen LogP) is 3.74. The summed E-state index contributed by atoms with van der Waals surface area (Å²) in [6.45, 7) is 0.422. The lowest BCUT2D eigenvalue weighted by Gasteiger charge is -2.11. The van der Waals surface area contributed by atoms with Crippen LogP contribution in [0.25, 0.3) is 11.5 Å². The number of aldehydes is 1. The van der Waals surface area contributed by atoms with Crippen LogP contribution in [-0.4, -0.2) is 18.4 Å². The molecule has 0 N–H and O–H groups in total. The third-order valence-electron chi connectivity index (χ3n) is 3.29. The Bertz CT molecular complexity index is 796. The van der Waals surface area contributed by atoms with E-state index in [2.05, 4.69) is 4.98 Å². The van der Waals surface area contributed by atoms with E-state index in [1.807, 2.05) is 30.3 Å². The Labute approximate surface area is 133 Å². The first kappa shape index (κ1) is 14.8. The zero-order chi connectivity index (χ0) is 16.1. The molecule has 0 radical (unpaired) electrons. The highest BCUT2D eigenvalue weighted by Crippen LogP contribution is 2.32. The van der Waals surface area contributed by atoms with Crippen molar-refractivity contribution in [2.75, 3.05) is 7.11 Å². The minimum Gasteiger partial charge on any atom is -0.493 e. The summed E-state index contributed by atoms with van der Waals surface area (Å²) in [5, 5.41) is 0. The summed E-state index contributed by atoms with van der Waals surface area (Å²) in [4.78, 5) is 14.8. The maximum absolute atomic E-state index is 10.7. The van der Waals surface area contributed by atoms with Gasteiger partial charge in [-0.05, 0) is 23.8 Å². The molecule has 0 spiro atoms. The van der Waals surface area contributed by atoms with Crippen molar-refractivity contribution in [3.05, 3.63) is 66.1 Å². The molecule has 0 saturated carbocycles. The number of aromatic nitrogens is 1. The lowest BCUT2D eigenvalue weighted by atomic mass is 10.2. The number of hydrogen-bond acceptors (Lipinski definition) is 5. The predicted molar refractivity (Wildman–Crippen MR) is 84.7 cm³/mol. The van der Waals surface area contributed by atoms with Gasteiger partial charge in [0.15, 0.2) is 17.8 Å². The van der Waals surface area contributed by atoms with Crippen LogP contribution in [0.4, 0.5) is 0 Å². The van der Waals surface area contributed by atoms with E-state index >= 15 is 0 Å². The first-order valence-corrected chi connectivity index (χ1v) is 7.06. The quantitative estimate of drug-likeness (QED) is 0.649. The maximum atomic E-state index is 10.7. The van der Waals surface area contributed by atoms with E-state index in [0.29, 0.717) is 35.8 Å². The zero-order valence-corrected chi connectivity index (χ0v) is 12.6. The van der Waals surface area contributed by atoms with Crippen LogP contribution in [0.15, 0.2) is 59.2 Å². The van der Waals surface area contributed by atoms with Crippen LogP contribution >= 0.6 is 0 Å². The van der Waals surface area contributed by atoms with Crippen molar-refractivity contribution in [2.45, 2.75) is 6.61 Å². The first-order valence-electron chi connectivity index (χ1n) is 7.06. The van der Waals surface area contributed by atoms with Crippen molar-refractivity contribution in [1.82, 2.24) is 4.98 Å². The average molecular weight is 309 g/mol. The topological polar surface area (TPSA) is 61.6 Å². The fraction of sp³-hybridized carbons (Fsp3) is 0.111. The SMILES string of the molecule is COc1ccc(-c2nc(C=O)co2)cc1OCc1ccccc1. The third kappa shape index (κ3) is 3.40. The van der Waals surface area contributed by atoms with Gasteiger partial charge in [-0.2, -0.15) is 0 Å². The number of carbonyl (C=O) groups is 1. The van der Waals surface area contributed by atoms with Crippen LogP contribution in [0.3, 0.4) is 0 Å². The average Bonchev–Trinajstić information content (AvgIpc) is 3.10. The monoisotopic (exact) mass is 309 g/mol. The lowest BCUT2D eigenvalue weighted by molar-refractivity contribution is 0.111. The van der Waals surface area contributed by atoms with Crippen molar-refractivity contribution in [3.63, 3.8) is 0 Å². The summed E-state index contributed by atoms with van der Waals surface area (Å²) < 4.78 is 16.5. The van der Waals surface area contributed by atoms with Crippen LogP contribution < -0.4 is 9.47 Å². The third-order valence-corrected chi connectivity index (χ3v) is 3.29. The smallest absolute Gasteiger partial charge is 0.226 e. The molecular formula is C18H15NO4. The minimum atomic E-state index is 0.252. The van der Waals surface area contributed by atoms with Gasteiger partial charge < -0.3 is 13.9 Å². The molecule has 23 heavy (non-hydrogen) atoms. The van der Waals surface area contributed by atoms with Gasteiger partial charge in [0.05, 0.1) is 7.11 Å². The lowest BCUT2D eigenvalue weighted by Crippen LogP contribution is -1.98. The molecule has 0 fully saturated rings. The van der Waals surface area contributed by atoms with Gasteiger partial charge in [0.2, 0.25) is 5.89 Å². The van der Waals surface area contributed by atoms with Gasteiger partial charge in [-0.25, -0.2) is 4.98 Å². The summed E-state index contributed by atoms with van der Waals surface area (Å²) in [7, 11) is 1.58. The number of nitrogens with zero attached hydrogens (tertiary/aromatic N) is 1. The number of carbonyl (C=O) groups excluding carboxylic acids is 1. The Morgan fingerprint density at radius 3 is 2.65 bits per heavy atom. The number of oxazole rings is 1. The summed E-state index contributed by atoms with van der Waals surface area (Å²) in [6, 6.07) is 15.2. The molecule has 116 valence electrons. The van der Waals surface area contributed by atoms with Gasteiger partial charge >= 0.3 is 0 Å². The Kier molecular flexibility index (Phi) is 4.38. The van der Waals surface area contributed by atoms with E-state index < -0.39 is 0 Å². The standard InChI is InChI=1S/C18H15NO4/c1-21-16-8-7-14(18-19-15(10-20)12-23-18)9-17(16)22-11-13-5-3-2-4-6-13/h2-10,12H,11H2,1H3. The summed E-state index contributed by atoms with van der Waals surface area (Å²) in [6.07, 6.45) is 1.96. The van der Waals surface area contributed by atoms with Crippen molar-refractivity contribution in [3.8, 4) is 23.0 Å². The van der Waals surface area contributed by atoms with Crippen molar-refractivity contribution in [2.24, 2.45) is 0 Å². The van der Waals surface area contributed by atoms with E-state index in [1.54, 1.807) is 25.3 Å². The van der Waals surface area contributed by atoms with Crippen molar-refractivity contribution >= 4 is 6.29 Å². The van der Waals surface area contributed by atoms with Crippen LogP contribution in [-0.2, 0) is 6.61 Å². The minimum absolute atomic E-state index is 0.252. The highest BCUT2D eigenvalue weighted by Gasteiger charge is 2.11. The van der Waals surface area contributed by atoms with Gasteiger partial charge in [-0.3, -0.25) is 4.79 Å². The van der Waals surface area contributed by atoms with Gasteiger partial charge in [0, 0.05) is 5.56 Å². The second kappa shape index (κ2) is 6.79. The molecule has 3 rings (SSSR count). The Morgan fingerprint density at radius 1 is 1.13 bits per heavy atom. The summed E-state index contributed by atoms with van der Waals surface area (Å²) >= 11 is 0. The highest BCUT2D eigenvalue weighted by atomic mass is 16.5. The highest BCUT2D eigenvalue weighted by molar-refractivity contribution is 5.72. The zero-order valence-electron chi connectivity index (χ0n) is 12.6. The molecule has 5 heteroatoms. The van der Waals surface area contributed by atoms with Crippen LogP contribution in [0.5, 0.6) is 11.5 Å². The first-order chi connectivity index (χ1) is 11.3. The molecule has 0 atom stereocenters. The Morgan fingerprint density at radius 2 is 1.96 bits per heavy atom. The largest absolute Gasteiger partial charge is 0.493 e. The van der Waals surface area contributed by atoms with E-state index in [4.69, 9.17) is 13.9 Å². The molecule has 5 nitrogen and oxygen atoms in total. The molecule has 0 aliphatic rings. The maximum Gasteiger partial charge on any atom is 0.226 e. The van der Waals surface area contributed by atoms with Crippen LogP contribution in [0, 0.1) is 0 Å². The van der Waals surface area contributed by atoms with E-state index in [0.717, 1.165) is 5.56 Å². The molecule has 0 saturated heterocycles. The van der Waals surface area contributed by atoms with E-state index in [1.165, 1.54) is 6.26 Å². The molecule has 2 aromatic carbocycles. The van der Waals surface area contributed by atoms with E-state index in [-0.39, 0.29) is 5.69 Å². The Hall–Kier alpha value is -3.08. The molecule has 1 heterocycles. The molecule has 0 aliphatic carbocycles. The molecule has 1 aromatic heterocycles. The van der Waals surface area contributed by atoms with Crippen LogP contribution in [0.2, 0.25) is 0 Å². The summed E-state index contributed by atoms with van der Waals surface area (Å²) in [5.41, 5.74) is 2.02. The normalized spacial score (nSPS) is 10.3. The van der Waals surface area contributed by atoms with Crippen LogP contribution in [0.1, 0.15) is 16.1 Å². The van der Waals surface area contributed by atoms with Gasteiger partial charge in [0.25, 0.3) is 0 Å². The van der Waals surface area contributed by atoms with Crippen molar-refractivity contribution < 1.29 is 18.7 Å². The van der Waals surface area contributed by atoms with Gasteiger partial charge in [-0.1, -0.05) is 30.3 Å². The molecule has 0 aliphatic heterocycles. The number of hydrogen-bond donors (Lipinski definition) is 0. The fourth-order valence-electron chi connectivity index (χ4n) is 2.13. The second-order valence-electron chi connectivity index (χ2n) is 4.84. The number of ether oxygens (including phenoxy) is 2. The number of benzene rings is 2. The molecular weight excluding hydrogens is 294 g/mol. The van der Waals surface area contributed by atoms with E-state index in [9.17, 15) is 4.79 Å². The van der Waals surface area contributed by atoms with Crippen molar-refractivity contribution in [1.29, 1.82) is 0 Å². The Balaban J connectivity index is 1.85. The summed E-state index contributed by atoms with van der Waals surface area (Å²) in [5.74, 6) is 1.56. The molecule has 3 aromatic rings. The molecule has 0 unspecified atom stereocenters. The number of methoxy groups -OCH3 is 1. The second-order valence-corrected chi connectivity index (χ2v) is 4.84. The van der Waals surface area contributed by atoms with Gasteiger partial charge in [0.1, 0.15) is 18.6 Å². The number of rotatable bonds is 6.